The zero-order valence-electron chi connectivity index (χ0n) is 24.4. The topological polar surface area (TPSA) is 97.1 Å². The smallest absolute Gasteiger partial charge is 0.303 e. The van der Waals surface area contributed by atoms with Crippen LogP contribution in [0.2, 0.25) is 5.02 Å². The molecule has 44 heavy (non-hydrogen) atoms. The first-order valence-electron chi connectivity index (χ1n) is 14.4. The van der Waals surface area contributed by atoms with Crippen molar-refractivity contribution >= 4 is 49.0 Å². The van der Waals surface area contributed by atoms with Crippen LogP contribution >= 0.6 is 22.9 Å². The molecule has 2 aromatic heterocycles. The summed E-state index contributed by atoms with van der Waals surface area (Å²) in [5.41, 5.74) is 5.36. The van der Waals surface area contributed by atoms with E-state index < -0.39 is 16.0 Å². The van der Waals surface area contributed by atoms with E-state index in [4.69, 9.17) is 20.8 Å². The van der Waals surface area contributed by atoms with Crippen molar-refractivity contribution < 1.29 is 27.5 Å². The van der Waals surface area contributed by atoms with Gasteiger partial charge in [0.1, 0.15) is 21.5 Å². The summed E-state index contributed by atoms with van der Waals surface area (Å²) in [5, 5.41) is 10.8. The molecule has 1 N–H and O–H groups in total. The molecule has 0 atom stereocenters. The second-order valence-electron chi connectivity index (χ2n) is 11.0. The van der Waals surface area contributed by atoms with Crippen LogP contribution in [0.25, 0.3) is 21.4 Å². The first-order valence-corrected chi connectivity index (χ1v) is 17.1. The Hall–Kier alpha value is -3.63. The van der Waals surface area contributed by atoms with E-state index in [0.29, 0.717) is 53.0 Å². The van der Waals surface area contributed by atoms with Crippen molar-refractivity contribution in [1.82, 2.24) is 4.31 Å². The number of thiophene rings is 1. The minimum absolute atomic E-state index is 0.0426. The predicted molar refractivity (Wildman–Crippen MR) is 173 cm³/mol. The Labute approximate surface area is 265 Å². The van der Waals surface area contributed by atoms with Crippen LogP contribution in [0, 0.1) is 13.8 Å². The molecule has 1 aliphatic rings. The van der Waals surface area contributed by atoms with Crippen molar-refractivity contribution in [1.29, 1.82) is 0 Å². The molecule has 0 fully saturated rings. The number of fused-ring (bicyclic) bond motifs is 2. The van der Waals surface area contributed by atoms with Crippen LogP contribution in [0.15, 0.2) is 75.4 Å². The number of aliphatic carboxylic acids is 1. The van der Waals surface area contributed by atoms with Crippen LogP contribution in [0.3, 0.4) is 0 Å². The van der Waals surface area contributed by atoms with Gasteiger partial charge in [-0.25, -0.2) is 8.42 Å². The number of hydrogen-bond acceptors (Lipinski definition) is 6. The summed E-state index contributed by atoms with van der Waals surface area (Å²) in [6.45, 7) is 4.63. The van der Waals surface area contributed by atoms with Crippen LogP contribution in [-0.2, 0) is 40.6 Å². The Kier molecular flexibility index (Phi) is 8.57. The van der Waals surface area contributed by atoms with E-state index in [-0.39, 0.29) is 13.0 Å². The molecule has 1 aliphatic heterocycles. The van der Waals surface area contributed by atoms with E-state index in [1.807, 2.05) is 68.4 Å². The lowest BCUT2D eigenvalue weighted by Crippen LogP contribution is -2.36. The number of halogens is 1. The van der Waals surface area contributed by atoms with E-state index in [0.717, 1.165) is 49.4 Å². The number of carboxylic acids is 1. The van der Waals surface area contributed by atoms with Gasteiger partial charge in [-0.1, -0.05) is 48.0 Å². The van der Waals surface area contributed by atoms with Crippen molar-refractivity contribution in [3.8, 4) is 17.1 Å². The zero-order chi connectivity index (χ0) is 31.0. The fraction of sp³-hybridized carbons (Fsp3) is 0.265. The third kappa shape index (κ3) is 6.02. The van der Waals surface area contributed by atoms with Gasteiger partial charge in [0.05, 0.1) is 6.61 Å². The van der Waals surface area contributed by atoms with E-state index >= 15 is 0 Å². The molecule has 5 aromatic rings. The Bertz CT molecular complexity index is 1960. The summed E-state index contributed by atoms with van der Waals surface area (Å²) in [4.78, 5) is 11.4. The van der Waals surface area contributed by atoms with Gasteiger partial charge in [-0.05, 0) is 84.7 Å². The monoisotopic (exact) mass is 649 g/mol. The first kappa shape index (κ1) is 30.4. The van der Waals surface area contributed by atoms with Gasteiger partial charge < -0.3 is 14.3 Å². The van der Waals surface area contributed by atoms with Crippen LogP contribution < -0.4 is 4.74 Å². The van der Waals surface area contributed by atoms with Crippen LogP contribution in [0.4, 0.5) is 0 Å². The van der Waals surface area contributed by atoms with Gasteiger partial charge in [-0.15, -0.1) is 11.3 Å². The maximum absolute atomic E-state index is 14.0. The van der Waals surface area contributed by atoms with Crippen LogP contribution in [0.5, 0.6) is 5.75 Å². The lowest BCUT2D eigenvalue weighted by Gasteiger charge is -2.31. The number of nitrogens with zero attached hydrogens (tertiary/aromatic N) is 1. The Morgan fingerprint density at radius 2 is 1.82 bits per heavy atom. The van der Waals surface area contributed by atoms with Crippen LogP contribution in [0.1, 0.15) is 40.0 Å². The number of rotatable bonds is 10. The molecule has 228 valence electrons. The van der Waals surface area contributed by atoms with Gasteiger partial charge in [0.25, 0.3) is 10.0 Å². The molecule has 0 bridgehead atoms. The number of ether oxygens (including phenoxy) is 1. The highest BCUT2D eigenvalue weighted by molar-refractivity contribution is 7.91. The molecule has 0 saturated carbocycles. The largest absolute Gasteiger partial charge is 0.493 e. The summed E-state index contributed by atoms with van der Waals surface area (Å²) < 4.78 is 42.9. The molecule has 0 aliphatic carbocycles. The normalized spacial score (nSPS) is 13.7. The second kappa shape index (κ2) is 12.4. The fourth-order valence-corrected chi connectivity index (χ4v) is 9.28. The molecule has 3 heterocycles. The Morgan fingerprint density at radius 3 is 2.59 bits per heavy atom. The molecular formula is C34H32ClNO6S2. The number of carbonyl (C=O) groups is 1. The number of benzene rings is 3. The average molecular weight is 650 g/mol. The van der Waals surface area contributed by atoms with Crippen molar-refractivity contribution in [3.05, 3.63) is 105 Å². The zero-order valence-corrected chi connectivity index (χ0v) is 26.8. The summed E-state index contributed by atoms with van der Waals surface area (Å²) >= 11 is 7.44. The summed E-state index contributed by atoms with van der Waals surface area (Å²) in [6.07, 6.45) is 1.37. The predicted octanol–water partition coefficient (Wildman–Crippen LogP) is 7.82. The summed E-state index contributed by atoms with van der Waals surface area (Å²) in [7, 11) is -3.81. The minimum Gasteiger partial charge on any atom is -0.493 e. The molecule has 10 heteroatoms. The number of aryl methyl sites for hydroxylation is 3. The third-order valence-electron chi connectivity index (χ3n) is 8.18. The molecule has 0 amide bonds. The minimum atomic E-state index is -3.81. The van der Waals surface area contributed by atoms with Gasteiger partial charge in [0, 0.05) is 46.8 Å². The van der Waals surface area contributed by atoms with Gasteiger partial charge in [0.2, 0.25) is 0 Å². The molecule has 0 unspecified atom stereocenters. The van der Waals surface area contributed by atoms with Gasteiger partial charge >= 0.3 is 5.97 Å². The number of furan rings is 1. The van der Waals surface area contributed by atoms with Crippen molar-refractivity contribution in [2.24, 2.45) is 0 Å². The van der Waals surface area contributed by atoms with E-state index in [1.54, 1.807) is 12.1 Å². The highest BCUT2D eigenvalue weighted by Crippen LogP contribution is 2.40. The number of carboxylic acid groups (broad SMARTS) is 1. The standard InChI is InChI=1S/C34H32ClNO6S2/c1-21-28-19-26(35)10-12-32(28)43-34(21)44(39,40)36-16-14-27-29(20-36)23(9-13-33(37)38)8-11-30(27)41-17-15-25-18-31(42-22(25)2)24-6-4-3-5-7-24/h3-8,10-12,18-19H,9,13-17,20H2,1-2H3,(H,37,38). The van der Waals surface area contributed by atoms with Gasteiger partial charge in [-0.3, -0.25) is 4.79 Å². The van der Waals surface area contributed by atoms with E-state index in [1.165, 1.54) is 15.6 Å². The Balaban J connectivity index is 1.25. The molecule has 0 radical (unpaired) electrons. The van der Waals surface area contributed by atoms with E-state index in [9.17, 15) is 18.3 Å². The lowest BCUT2D eigenvalue weighted by atomic mass is 9.92. The van der Waals surface area contributed by atoms with Gasteiger partial charge in [-0.2, -0.15) is 4.31 Å². The number of sulfonamides is 1. The molecule has 7 nitrogen and oxygen atoms in total. The third-order valence-corrected chi connectivity index (χ3v) is 12.1. The van der Waals surface area contributed by atoms with E-state index in [2.05, 4.69) is 0 Å². The maximum Gasteiger partial charge on any atom is 0.303 e. The van der Waals surface area contributed by atoms with Crippen molar-refractivity contribution in [2.45, 2.75) is 50.3 Å². The average Bonchev–Trinajstić information content (AvgIpc) is 3.55. The van der Waals surface area contributed by atoms with Gasteiger partial charge in [0.15, 0.2) is 0 Å². The highest BCUT2D eigenvalue weighted by atomic mass is 35.5. The lowest BCUT2D eigenvalue weighted by molar-refractivity contribution is -0.136. The maximum atomic E-state index is 14.0. The first-order chi connectivity index (χ1) is 21.1. The SMILES string of the molecule is Cc1oc(-c2ccccc2)cc1CCOc1ccc(CCC(=O)O)c2c1CCN(S(=O)(=O)c1sc3ccc(Cl)cc3c1C)C2. The van der Waals surface area contributed by atoms with Crippen molar-refractivity contribution in [3.63, 3.8) is 0 Å². The van der Waals surface area contributed by atoms with Crippen molar-refractivity contribution in [2.75, 3.05) is 13.2 Å². The fourth-order valence-electron chi connectivity index (χ4n) is 5.82. The van der Waals surface area contributed by atoms with Crippen LogP contribution in [-0.4, -0.2) is 37.0 Å². The molecule has 6 rings (SSSR count). The molecule has 0 saturated heterocycles. The second-order valence-corrected chi connectivity index (χ2v) is 14.6. The highest BCUT2D eigenvalue weighted by Gasteiger charge is 2.33. The summed E-state index contributed by atoms with van der Waals surface area (Å²) in [6, 6.07) is 21.2. The quantitative estimate of drug-likeness (QED) is 0.166. The molecular weight excluding hydrogens is 618 g/mol. The molecule has 3 aromatic carbocycles. The Morgan fingerprint density at radius 1 is 1.02 bits per heavy atom. The summed E-state index contributed by atoms with van der Waals surface area (Å²) in [5.74, 6) is 1.47. The number of hydrogen-bond donors (Lipinski definition) is 1. The molecule has 0 spiro atoms.